The second-order valence-corrected chi connectivity index (χ2v) is 9.53. The van der Waals surface area contributed by atoms with Gasteiger partial charge in [0.15, 0.2) is 17.3 Å². The minimum Gasteiger partial charge on any atom is -0.490 e. The average molecular weight is 548 g/mol. The molecule has 0 saturated carbocycles. The van der Waals surface area contributed by atoms with Crippen molar-refractivity contribution in [1.82, 2.24) is 5.32 Å². The van der Waals surface area contributed by atoms with Crippen LogP contribution in [0.1, 0.15) is 53.7 Å². The highest BCUT2D eigenvalue weighted by molar-refractivity contribution is 6.32. The van der Waals surface area contributed by atoms with Crippen LogP contribution in [0.4, 0.5) is 4.39 Å². The summed E-state index contributed by atoms with van der Waals surface area (Å²) in [7, 11) is 0. The lowest BCUT2D eigenvalue weighted by molar-refractivity contribution is -0.138. The van der Waals surface area contributed by atoms with Gasteiger partial charge in [-0.1, -0.05) is 54.1 Å². The van der Waals surface area contributed by atoms with Crippen LogP contribution in [0.15, 0.2) is 77.5 Å². The highest BCUT2D eigenvalue weighted by Gasteiger charge is 2.43. The van der Waals surface area contributed by atoms with E-state index >= 15 is 0 Å². The van der Waals surface area contributed by atoms with Crippen LogP contribution in [0.5, 0.6) is 11.5 Å². The van der Waals surface area contributed by atoms with Gasteiger partial charge in [0.25, 0.3) is 0 Å². The van der Waals surface area contributed by atoms with E-state index in [1.165, 1.54) is 6.07 Å². The highest BCUT2D eigenvalue weighted by Crippen LogP contribution is 2.49. The number of benzene rings is 3. The maximum Gasteiger partial charge on any atom is 0.336 e. The Morgan fingerprint density at radius 3 is 2.44 bits per heavy atom. The normalized spacial score (nSPS) is 16.0. The number of dihydropyridines is 1. The molecule has 0 amide bonds. The van der Waals surface area contributed by atoms with Crippen LogP contribution in [0, 0.1) is 5.82 Å². The Balaban J connectivity index is 1.63. The fourth-order valence-electron chi connectivity index (χ4n) is 5.06. The Morgan fingerprint density at radius 1 is 1.00 bits per heavy atom. The second-order valence-electron chi connectivity index (χ2n) is 9.12. The summed E-state index contributed by atoms with van der Waals surface area (Å²) in [6.07, 6.45) is 0. The quantitative estimate of drug-likeness (QED) is 0.321. The Kier molecular flexibility index (Phi) is 7.44. The number of halogens is 2. The number of esters is 1. The summed E-state index contributed by atoms with van der Waals surface area (Å²) in [5, 5.41) is 3.48. The van der Waals surface area contributed by atoms with Gasteiger partial charge in [-0.2, -0.15) is 0 Å². The maximum absolute atomic E-state index is 14.2. The third-order valence-corrected chi connectivity index (χ3v) is 7.02. The van der Waals surface area contributed by atoms with Gasteiger partial charge in [0.2, 0.25) is 0 Å². The monoisotopic (exact) mass is 547 g/mol. The predicted octanol–water partition coefficient (Wildman–Crippen LogP) is 6.59. The third kappa shape index (κ3) is 4.79. The summed E-state index contributed by atoms with van der Waals surface area (Å²) in [5.41, 5.74) is 4.24. The first kappa shape index (κ1) is 26.5. The van der Waals surface area contributed by atoms with Crippen LogP contribution in [-0.4, -0.2) is 25.0 Å². The van der Waals surface area contributed by atoms with E-state index < -0.39 is 17.7 Å². The third-order valence-electron chi connectivity index (χ3n) is 6.74. The van der Waals surface area contributed by atoms with Crippen molar-refractivity contribution < 1.29 is 28.2 Å². The number of allylic oxidation sites excluding steroid dienone is 2. The Morgan fingerprint density at radius 2 is 1.72 bits per heavy atom. The van der Waals surface area contributed by atoms with Crippen LogP contribution in [0.2, 0.25) is 5.02 Å². The number of carbonyl (C=O) groups excluding carboxylic acids is 2. The van der Waals surface area contributed by atoms with Gasteiger partial charge in [0.05, 0.1) is 29.5 Å². The summed E-state index contributed by atoms with van der Waals surface area (Å²) in [6, 6.07) is 17.0. The molecule has 5 rings (SSSR count). The molecule has 3 aromatic rings. The second kappa shape index (κ2) is 10.9. The first-order valence-corrected chi connectivity index (χ1v) is 13.1. The van der Waals surface area contributed by atoms with E-state index in [2.05, 4.69) is 5.32 Å². The molecule has 1 N–H and O–H groups in total. The number of Topliss-reactive ketones (excluding diaryl/α,β-unsaturated/α-hetero) is 1. The molecule has 1 atom stereocenters. The molecule has 2 aliphatic rings. The number of nitrogens with one attached hydrogen (secondary N) is 1. The van der Waals surface area contributed by atoms with E-state index in [0.29, 0.717) is 51.6 Å². The number of ketones is 1. The summed E-state index contributed by atoms with van der Waals surface area (Å²) >= 11 is 6.74. The van der Waals surface area contributed by atoms with Gasteiger partial charge >= 0.3 is 5.97 Å². The molecule has 6 nitrogen and oxygen atoms in total. The Labute approximate surface area is 231 Å². The molecule has 3 aromatic carbocycles. The summed E-state index contributed by atoms with van der Waals surface area (Å²) in [5.74, 6) is -1.30. The van der Waals surface area contributed by atoms with Gasteiger partial charge in [0.1, 0.15) is 12.4 Å². The zero-order valence-corrected chi connectivity index (χ0v) is 22.5. The highest BCUT2D eigenvalue weighted by atomic mass is 35.5. The average Bonchev–Trinajstić information content (AvgIpc) is 3.20. The Bertz CT molecular complexity index is 1540. The van der Waals surface area contributed by atoms with Gasteiger partial charge in [-0.3, -0.25) is 4.79 Å². The van der Waals surface area contributed by atoms with Crippen LogP contribution in [0.25, 0.3) is 5.70 Å². The Hall–Kier alpha value is -4.10. The fourth-order valence-corrected chi connectivity index (χ4v) is 5.34. The molecule has 1 heterocycles. The van der Waals surface area contributed by atoms with Gasteiger partial charge in [-0.15, -0.1) is 0 Å². The number of carbonyl (C=O) groups is 2. The number of hydrogen-bond donors (Lipinski definition) is 1. The first-order chi connectivity index (χ1) is 18.8. The lowest BCUT2D eigenvalue weighted by Gasteiger charge is -2.30. The summed E-state index contributed by atoms with van der Waals surface area (Å²) in [6.45, 7) is 5.75. The van der Waals surface area contributed by atoms with Crippen LogP contribution >= 0.6 is 11.6 Å². The lowest BCUT2D eigenvalue weighted by Crippen LogP contribution is -2.29. The van der Waals surface area contributed by atoms with Crippen LogP contribution in [0.3, 0.4) is 0 Å². The van der Waals surface area contributed by atoms with E-state index in [4.69, 9.17) is 25.8 Å². The number of hydrogen-bond acceptors (Lipinski definition) is 6. The molecule has 0 spiro atoms. The van der Waals surface area contributed by atoms with Crippen molar-refractivity contribution in [3.05, 3.63) is 111 Å². The molecule has 8 heteroatoms. The largest absolute Gasteiger partial charge is 0.490 e. The molecule has 0 aromatic heterocycles. The van der Waals surface area contributed by atoms with E-state index in [0.717, 1.165) is 5.56 Å². The molecule has 0 saturated heterocycles. The van der Waals surface area contributed by atoms with Crippen molar-refractivity contribution in [1.29, 1.82) is 0 Å². The van der Waals surface area contributed by atoms with Crippen molar-refractivity contribution in [2.75, 3.05) is 13.2 Å². The van der Waals surface area contributed by atoms with Crippen LogP contribution in [-0.2, 0) is 16.1 Å². The standard InChI is InChI=1S/C31H27ClFNO5/c1-4-37-24-15-19(14-22(32)30(24)39-16-18-10-6-9-13-23(18)33)26-25(31(36)38-5-2)17(3)34-28-20-11-7-8-12-21(20)29(35)27(26)28/h6-15,26,34H,4-5,16H2,1-3H3/t26-/m0/s1. The molecule has 0 fully saturated rings. The smallest absolute Gasteiger partial charge is 0.336 e. The molecular formula is C31H27ClFNO5. The van der Waals surface area contributed by atoms with Gasteiger partial charge in [0, 0.05) is 33.9 Å². The van der Waals surface area contributed by atoms with Gasteiger partial charge < -0.3 is 19.5 Å². The summed E-state index contributed by atoms with van der Waals surface area (Å²) < 4.78 is 31.4. The molecule has 0 radical (unpaired) electrons. The molecule has 0 bridgehead atoms. The fraction of sp³-hybridized carbons (Fsp3) is 0.226. The molecule has 39 heavy (non-hydrogen) atoms. The van der Waals surface area contributed by atoms with E-state index in [9.17, 15) is 14.0 Å². The number of fused-ring (bicyclic) bond motifs is 2. The van der Waals surface area contributed by atoms with Gasteiger partial charge in [-0.05, 0) is 44.5 Å². The van der Waals surface area contributed by atoms with Crippen molar-refractivity contribution in [3.63, 3.8) is 0 Å². The van der Waals surface area contributed by atoms with Crippen molar-refractivity contribution in [3.8, 4) is 11.5 Å². The zero-order chi connectivity index (χ0) is 27.7. The van der Waals surface area contributed by atoms with Crippen molar-refractivity contribution in [2.45, 2.75) is 33.3 Å². The predicted molar refractivity (Wildman–Crippen MR) is 146 cm³/mol. The SMILES string of the molecule is CCOC(=O)C1=C(C)NC2=C(C(=O)c3ccccc32)[C@H]1c1cc(Cl)c(OCc2ccccc2F)c(OCC)c1. The van der Waals surface area contributed by atoms with E-state index in [1.807, 2.05) is 25.1 Å². The maximum atomic E-state index is 14.2. The minimum atomic E-state index is -0.766. The molecule has 1 aliphatic heterocycles. The van der Waals surface area contributed by atoms with Crippen molar-refractivity contribution in [2.24, 2.45) is 0 Å². The lowest BCUT2D eigenvalue weighted by atomic mass is 9.79. The van der Waals surface area contributed by atoms with E-state index in [1.54, 1.807) is 50.2 Å². The number of ether oxygens (including phenoxy) is 3. The molecular weight excluding hydrogens is 521 g/mol. The number of rotatable bonds is 8. The van der Waals surface area contributed by atoms with E-state index in [-0.39, 0.29) is 29.8 Å². The summed E-state index contributed by atoms with van der Waals surface area (Å²) in [4.78, 5) is 26.9. The molecule has 0 unspecified atom stereocenters. The van der Waals surface area contributed by atoms with Gasteiger partial charge in [-0.25, -0.2) is 9.18 Å². The topological polar surface area (TPSA) is 73.9 Å². The molecule has 200 valence electrons. The first-order valence-electron chi connectivity index (χ1n) is 12.7. The van der Waals surface area contributed by atoms with Crippen LogP contribution < -0.4 is 14.8 Å². The zero-order valence-electron chi connectivity index (χ0n) is 21.8. The minimum absolute atomic E-state index is 0.0602. The molecule has 1 aliphatic carbocycles. The van der Waals surface area contributed by atoms with Crippen molar-refractivity contribution >= 4 is 29.1 Å².